The second-order valence-corrected chi connectivity index (χ2v) is 3.95. The summed E-state index contributed by atoms with van der Waals surface area (Å²) in [5.74, 6) is -0.900. The number of unbranched alkanes of at least 4 members (excludes halogenated alkanes) is 4. The van der Waals surface area contributed by atoms with Crippen molar-refractivity contribution in [3.63, 3.8) is 0 Å². The van der Waals surface area contributed by atoms with Gasteiger partial charge >= 0.3 is 5.97 Å². The zero-order chi connectivity index (χ0) is 13.5. The first-order valence-corrected chi connectivity index (χ1v) is 6.30. The maximum atomic E-state index is 10.1. The third kappa shape index (κ3) is 17.7. The molecule has 102 valence electrons. The topological polar surface area (TPSA) is 83.5 Å². The van der Waals surface area contributed by atoms with E-state index in [1.54, 1.807) is 0 Å². The lowest BCUT2D eigenvalue weighted by molar-refractivity contribution is -0.138. The number of allylic oxidation sites excluding steroid dienone is 1. The SMILES string of the molecule is C=CCCCCCO.CCCC[C@H](N)C(=O)O. The zero-order valence-electron chi connectivity index (χ0n) is 10.9. The van der Waals surface area contributed by atoms with E-state index in [0.29, 0.717) is 13.0 Å². The number of aliphatic carboxylic acids is 1. The van der Waals surface area contributed by atoms with Gasteiger partial charge in [-0.2, -0.15) is 0 Å². The molecule has 0 radical (unpaired) electrons. The number of carbonyl (C=O) groups is 1. The molecular weight excluding hydrogens is 218 g/mol. The van der Waals surface area contributed by atoms with Gasteiger partial charge in [0.25, 0.3) is 0 Å². The van der Waals surface area contributed by atoms with Crippen LogP contribution in [0.1, 0.15) is 51.9 Å². The van der Waals surface area contributed by atoms with E-state index in [4.69, 9.17) is 15.9 Å². The molecule has 4 nitrogen and oxygen atoms in total. The quantitative estimate of drug-likeness (QED) is 0.430. The maximum absolute atomic E-state index is 10.1. The molecule has 0 saturated carbocycles. The van der Waals surface area contributed by atoms with Gasteiger partial charge in [0.2, 0.25) is 0 Å². The van der Waals surface area contributed by atoms with Crippen LogP contribution in [-0.2, 0) is 4.79 Å². The van der Waals surface area contributed by atoms with Gasteiger partial charge in [0.1, 0.15) is 6.04 Å². The van der Waals surface area contributed by atoms with Crippen LogP contribution >= 0.6 is 0 Å². The van der Waals surface area contributed by atoms with Gasteiger partial charge in [-0.25, -0.2) is 0 Å². The van der Waals surface area contributed by atoms with Gasteiger partial charge in [-0.1, -0.05) is 32.3 Å². The molecule has 0 rings (SSSR count). The Kier molecular flexibility index (Phi) is 16.5. The predicted octanol–water partition coefficient (Wildman–Crippen LogP) is 2.31. The first-order chi connectivity index (χ1) is 8.09. The molecule has 1 atom stereocenters. The van der Waals surface area contributed by atoms with Crippen LogP contribution in [0.25, 0.3) is 0 Å². The van der Waals surface area contributed by atoms with Crippen LogP contribution in [0.5, 0.6) is 0 Å². The molecule has 17 heavy (non-hydrogen) atoms. The Morgan fingerprint density at radius 2 is 2.00 bits per heavy atom. The molecule has 0 aliphatic rings. The largest absolute Gasteiger partial charge is 0.480 e. The van der Waals surface area contributed by atoms with E-state index in [-0.39, 0.29) is 0 Å². The minimum atomic E-state index is -0.900. The van der Waals surface area contributed by atoms with Gasteiger partial charge in [0.15, 0.2) is 0 Å². The summed E-state index contributed by atoms with van der Waals surface area (Å²) in [6.07, 6.45) is 8.72. The number of hydrogen-bond acceptors (Lipinski definition) is 3. The van der Waals surface area contributed by atoms with Gasteiger partial charge in [-0.05, 0) is 25.7 Å². The lowest BCUT2D eigenvalue weighted by Crippen LogP contribution is -2.29. The Labute approximate surface area is 105 Å². The molecule has 0 aromatic rings. The van der Waals surface area contributed by atoms with E-state index in [0.717, 1.165) is 32.1 Å². The molecule has 0 fully saturated rings. The second kappa shape index (κ2) is 15.1. The number of carboxylic acids is 1. The molecule has 0 unspecified atom stereocenters. The summed E-state index contributed by atoms with van der Waals surface area (Å²) in [7, 11) is 0. The van der Waals surface area contributed by atoms with Crippen molar-refractivity contribution in [3.05, 3.63) is 12.7 Å². The fraction of sp³-hybridized carbons (Fsp3) is 0.769. The molecule has 4 heteroatoms. The van der Waals surface area contributed by atoms with Gasteiger partial charge in [-0.3, -0.25) is 4.79 Å². The van der Waals surface area contributed by atoms with Gasteiger partial charge in [0, 0.05) is 6.61 Å². The third-order valence-corrected chi connectivity index (χ3v) is 2.25. The Morgan fingerprint density at radius 3 is 2.41 bits per heavy atom. The summed E-state index contributed by atoms with van der Waals surface area (Å²) in [5.41, 5.74) is 5.20. The monoisotopic (exact) mass is 245 g/mol. The maximum Gasteiger partial charge on any atom is 0.320 e. The summed E-state index contributed by atoms with van der Waals surface area (Å²) in [6, 6.07) is -0.662. The van der Waals surface area contributed by atoms with Gasteiger partial charge < -0.3 is 15.9 Å². The van der Waals surface area contributed by atoms with E-state index >= 15 is 0 Å². The van der Waals surface area contributed by atoms with Crippen LogP contribution in [0.2, 0.25) is 0 Å². The fourth-order valence-electron chi connectivity index (χ4n) is 1.12. The first-order valence-electron chi connectivity index (χ1n) is 6.30. The van der Waals surface area contributed by atoms with E-state index < -0.39 is 12.0 Å². The lowest BCUT2D eigenvalue weighted by atomic mass is 10.1. The smallest absolute Gasteiger partial charge is 0.320 e. The van der Waals surface area contributed by atoms with Crippen molar-refractivity contribution in [2.75, 3.05) is 6.61 Å². The number of carboxylic acid groups (broad SMARTS) is 1. The number of aliphatic hydroxyl groups excluding tert-OH is 1. The first kappa shape index (κ1) is 18.5. The van der Waals surface area contributed by atoms with Crippen molar-refractivity contribution in [3.8, 4) is 0 Å². The van der Waals surface area contributed by atoms with Crippen LogP contribution in [0.4, 0.5) is 0 Å². The summed E-state index contributed by atoms with van der Waals surface area (Å²) in [4.78, 5) is 10.1. The van der Waals surface area contributed by atoms with Crippen LogP contribution < -0.4 is 5.73 Å². The average Bonchev–Trinajstić information content (AvgIpc) is 2.32. The van der Waals surface area contributed by atoms with Crippen molar-refractivity contribution in [1.29, 1.82) is 0 Å². The van der Waals surface area contributed by atoms with Crippen LogP contribution in [-0.4, -0.2) is 28.8 Å². The van der Waals surface area contributed by atoms with E-state index in [1.165, 1.54) is 6.42 Å². The number of hydrogen-bond donors (Lipinski definition) is 3. The summed E-state index contributed by atoms with van der Waals surface area (Å²) >= 11 is 0. The van der Waals surface area contributed by atoms with Gasteiger partial charge in [-0.15, -0.1) is 6.58 Å². The van der Waals surface area contributed by atoms with Crippen LogP contribution in [0, 0.1) is 0 Å². The Bertz CT molecular complexity index is 184. The minimum Gasteiger partial charge on any atom is -0.480 e. The summed E-state index contributed by atoms with van der Waals surface area (Å²) in [6.45, 7) is 5.93. The lowest BCUT2D eigenvalue weighted by Gasteiger charge is -2.02. The summed E-state index contributed by atoms with van der Waals surface area (Å²) in [5, 5.41) is 16.6. The number of nitrogens with two attached hydrogens (primary N) is 1. The highest BCUT2D eigenvalue weighted by molar-refractivity contribution is 5.72. The van der Waals surface area contributed by atoms with E-state index in [9.17, 15) is 4.79 Å². The van der Waals surface area contributed by atoms with E-state index in [1.807, 2.05) is 13.0 Å². The van der Waals surface area contributed by atoms with Crippen molar-refractivity contribution in [1.82, 2.24) is 0 Å². The molecule has 0 aromatic carbocycles. The molecule has 0 aliphatic carbocycles. The van der Waals surface area contributed by atoms with Crippen molar-refractivity contribution >= 4 is 5.97 Å². The Morgan fingerprint density at radius 1 is 1.35 bits per heavy atom. The average molecular weight is 245 g/mol. The van der Waals surface area contributed by atoms with Crippen molar-refractivity contribution < 1.29 is 15.0 Å². The minimum absolute atomic E-state index is 0.330. The number of rotatable bonds is 9. The fourth-order valence-corrected chi connectivity index (χ4v) is 1.12. The normalized spacial score (nSPS) is 11.2. The number of aliphatic hydroxyl groups is 1. The Balaban J connectivity index is 0. The Hall–Kier alpha value is -0.870. The molecule has 0 heterocycles. The molecule has 0 aliphatic heterocycles. The van der Waals surface area contributed by atoms with Crippen LogP contribution in [0.15, 0.2) is 12.7 Å². The highest BCUT2D eigenvalue weighted by atomic mass is 16.4. The highest BCUT2D eigenvalue weighted by Crippen LogP contribution is 1.98. The third-order valence-electron chi connectivity index (χ3n) is 2.25. The molecule has 0 bridgehead atoms. The highest BCUT2D eigenvalue weighted by Gasteiger charge is 2.08. The molecule has 0 amide bonds. The standard InChI is InChI=1S/C7H14O.C6H13NO2/c1-2-3-4-5-6-7-8;1-2-3-4-5(7)6(8)9/h2,8H,1,3-7H2;5H,2-4,7H2,1H3,(H,8,9)/t;5-/m.0/s1. The summed E-state index contributed by atoms with van der Waals surface area (Å²) < 4.78 is 0. The molecule has 0 spiro atoms. The van der Waals surface area contributed by atoms with Gasteiger partial charge in [0.05, 0.1) is 0 Å². The van der Waals surface area contributed by atoms with Crippen molar-refractivity contribution in [2.45, 2.75) is 57.9 Å². The van der Waals surface area contributed by atoms with E-state index in [2.05, 4.69) is 6.58 Å². The molecule has 4 N–H and O–H groups in total. The van der Waals surface area contributed by atoms with Crippen LogP contribution in [0.3, 0.4) is 0 Å². The molecule has 0 saturated heterocycles. The molecule has 0 aromatic heterocycles. The van der Waals surface area contributed by atoms with Crippen molar-refractivity contribution in [2.24, 2.45) is 5.73 Å². The molecular formula is C13H27NO3. The second-order valence-electron chi connectivity index (χ2n) is 3.95. The predicted molar refractivity (Wildman–Crippen MR) is 70.9 cm³/mol. The zero-order valence-corrected chi connectivity index (χ0v) is 10.9.